The summed E-state index contributed by atoms with van der Waals surface area (Å²) >= 11 is 6.27. The fraction of sp³-hybridized carbons (Fsp3) is 0. The molecule has 0 amide bonds. The first-order valence-electron chi connectivity index (χ1n) is 10.7. The molecular formula is C29H18ClN3. The third-order valence-corrected chi connectivity index (χ3v) is 6.03. The number of rotatable bonds is 3. The van der Waals surface area contributed by atoms with Crippen LogP contribution >= 0.6 is 11.6 Å². The molecule has 0 saturated carbocycles. The molecule has 0 unspecified atom stereocenters. The van der Waals surface area contributed by atoms with Gasteiger partial charge in [-0.2, -0.15) is 9.97 Å². The maximum Gasteiger partial charge on any atom is 0.226 e. The number of hydrogen-bond donors (Lipinski definition) is 0. The number of fused-ring (bicyclic) bond motifs is 2. The van der Waals surface area contributed by atoms with Gasteiger partial charge in [0.2, 0.25) is 5.28 Å². The van der Waals surface area contributed by atoms with Crippen LogP contribution in [0.1, 0.15) is 0 Å². The third kappa shape index (κ3) is 3.63. The molecule has 0 spiro atoms. The summed E-state index contributed by atoms with van der Waals surface area (Å²) in [5.74, 6) is 1.13. The lowest BCUT2D eigenvalue weighted by Crippen LogP contribution is -1.97. The average molecular weight is 444 g/mol. The van der Waals surface area contributed by atoms with Gasteiger partial charge in [0.25, 0.3) is 0 Å². The molecule has 0 fully saturated rings. The fourth-order valence-electron chi connectivity index (χ4n) is 4.31. The van der Waals surface area contributed by atoms with Crippen LogP contribution in [0.3, 0.4) is 0 Å². The first-order valence-corrected chi connectivity index (χ1v) is 11.1. The quantitative estimate of drug-likeness (QED) is 0.279. The van der Waals surface area contributed by atoms with Crippen molar-refractivity contribution in [2.45, 2.75) is 0 Å². The number of halogens is 1. The van der Waals surface area contributed by atoms with Crippen molar-refractivity contribution in [1.29, 1.82) is 0 Å². The Morgan fingerprint density at radius 3 is 1.85 bits per heavy atom. The van der Waals surface area contributed by atoms with Crippen LogP contribution in [0.25, 0.3) is 55.4 Å². The predicted molar refractivity (Wildman–Crippen MR) is 136 cm³/mol. The molecule has 0 aliphatic heterocycles. The second kappa shape index (κ2) is 8.12. The number of hydrogen-bond acceptors (Lipinski definition) is 3. The van der Waals surface area contributed by atoms with E-state index in [9.17, 15) is 0 Å². The second-order valence-electron chi connectivity index (χ2n) is 7.89. The number of aromatic nitrogens is 3. The van der Waals surface area contributed by atoms with Gasteiger partial charge in [-0.05, 0) is 50.3 Å². The first-order chi connectivity index (χ1) is 16.3. The number of nitrogens with zero attached hydrogens (tertiary/aromatic N) is 3. The van der Waals surface area contributed by atoms with Gasteiger partial charge in [0.15, 0.2) is 11.6 Å². The highest BCUT2D eigenvalue weighted by Gasteiger charge is 2.12. The molecule has 0 atom stereocenters. The molecule has 0 saturated heterocycles. The molecule has 156 valence electrons. The summed E-state index contributed by atoms with van der Waals surface area (Å²) in [6, 6.07) is 37.4. The highest BCUT2D eigenvalue weighted by atomic mass is 35.5. The van der Waals surface area contributed by atoms with Crippen molar-refractivity contribution < 1.29 is 0 Å². The molecule has 6 rings (SSSR count). The molecule has 6 aromatic rings. The van der Waals surface area contributed by atoms with E-state index in [1.54, 1.807) is 0 Å². The molecule has 0 bridgehead atoms. The lowest BCUT2D eigenvalue weighted by Gasteiger charge is -2.11. The summed E-state index contributed by atoms with van der Waals surface area (Å²) in [5, 5.41) is 4.96. The van der Waals surface area contributed by atoms with E-state index in [1.807, 2.05) is 30.3 Å². The van der Waals surface area contributed by atoms with E-state index in [0.29, 0.717) is 11.6 Å². The van der Waals surface area contributed by atoms with Crippen molar-refractivity contribution in [3.05, 3.63) is 114 Å². The molecule has 1 aromatic heterocycles. The van der Waals surface area contributed by atoms with Gasteiger partial charge >= 0.3 is 0 Å². The minimum absolute atomic E-state index is 0.184. The Balaban J connectivity index is 1.50. The van der Waals surface area contributed by atoms with E-state index in [1.165, 1.54) is 27.3 Å². The van der Waals surface area contributed by atoms with Gasteiger partial charge in [-0.25, -0.2) is 4.98 Å². The zero-order chi connectivity index (χ0) is 22.2. The van der Waals surface area contributed by atoms with E-state index in [0.717, 1.165) is 16.5 Å². The van der Waals surface area contributed by atoms with Crippen LogP contribution in [-0.2, 0) is 0 Å². The molecule has 0 aliphatic carbocycles. The molecule has 0 radical (unpaired) electrons. The van der Waals surface area contributed by atoms with Gasteiger partial charge in [0.05, 0.1) is 0 Å². The summed E-state index contributed by atoms with van der Waals surface area (Å²) in [5.41, 5.74) is 4.23. The molecule has 1 heterocycles. The van der Waals surface area contributed by atoms with Crippen molar-refractivity contribution in [2.24, 2.45) is 0 Å². The Labute approximate surface area is 196 Å². The first kappa shape index (κ1) is 19.6. The van der Waals surface area contributed by atoms with E-state index in [4.69, 9.17) is 16.6 Å². The van der Waals surface area contributed by atoms with Gasteiger partial charge in [-0.15, -0.1) is 0 Å². The Kier molecular flexibility index (Phi) is 4.82. The van der Waals surface area contributed by atoms with Crippen molar-refractivity contribution in [1.82, 2.24) is 15.0 Å². The SMILES string of the molecule is Clc1nc(-c2ccccc2)nc(-c2ccc3c(-c4cccc5ccccc45)cccc3c2)n1. The largest absolute Gasteiger partial charge is 0.226 e. The van der Waals surface area contributed by atoms with Crippen molar-refractivity contribution in [3.8, 4) is 33.9 Å². The Morgan fingerprint density at radius 1 is 0.455 bits per heavy atom. The minimum atomic E-state index is 0.184. The molecule has 3 nitrogen and oxygen atoms in total. The van der Waals surface area contributed by atoms with Crippen LogP contribution < -0.4 is 0 Å². The molecular weight excluding hydrogens is 426 g/mol. The molecule has 0 N–H and O–H groups in total. The maximum atomic E-state index is 6.27. The smallest absolute Gasteiger partial charge is 0.208 e. The van der Waals surface area contributed by atoms with Crippen molar-refractivity contribution in [2.75, 3.05) is 0 Å². The van der Waals surface area contributed by atoms with Crippen LogP contribution in [-0.4, -0.2) is 15.0 Å². The second-order valence-corrected chi connectivity index (χ2v) is 8.22. The highest BCUT2D eigenvalue weighted by Crippen LogP contribution is 2.35. The van der Waals surface area contributed by atoms with E-state index in [-0.39, 0.29) is 5.28 Å². The molecule has 4 heteroatoms. The van der Waals surface area contributed by atoms with Gasteiger partial charge in [-0.3, -0.25) is 0 Å². The van der Waals surface area contributed by atoms with Gasteiger partial charge < -0.3 is 0 Å². The van der Waals surface area contributed by atoms with Crippen LogP contribution in [0.4, 0.5) is 0 Å². The Hall–Kier alpha value is -4.08. The Morgan fingerprint density at radius 2 is 1.06 bits per heavy atom. The number of benzene rings is 5. The average Bonchev–Trinajstić information content (AvgIpc) is 2.88. The summed E-state index contributed by atoms with van der Waals surface area (Å²) in [6.45, 7) is 0. The monoisotopic (exact) mass is 443 g/mol. The molecule has 5 aromatic carbocycles. The Bertz CT molecular complexity index is 1620. The zero-order valence-corrected chi connectivity index (χ0v) is 18.4. The lowest BCUT2D eigenvalue weighted by molar-refractivity contribution is 1.07. The lowest BCUT2D eigenvalue weighted by atomic mass is 9.93. The van der Waals surface area contributed by atoms with Crippen molar-refractivity contribution >= 4 is 33.1 Å². The molecule has 33 heavy (non-hydrogen) atoms. The third-order valence-electron chi connectivity index (χ3n) is 5.86. The normalized spacial score (nSPS) is 11.2. The summed E-state index contributed by atoms with van der Waals surface area (Å²) < 4.78 is 0. The van der Waals surface area contributed by atoms with E-state index < -0.39 is 0 Å². The standard InChI is InChI=1S/C29H18ClN3/c30-29-32-27(20-9-2-1-3-10-20)31-28(33-29)22-16-17-24-21(18-22)12-7-15-26(24)25-14-6-11-19-8-4-5-13-23(19)25/h1-18H. The van der Waals surface area contributed by atoms with E-state index in [2.05, 4.69) is 88.8 Å². The van der Waals surface area contributed by atoms with E-state index >= 15 is 0 Å². The minimum Gasteiger partial charge on any atom is -0.208 e. The molecule has 0 aliphatic rings. The van der Waals surface area contributed by atoms with Gasteiger partial charge in [0.1, 0.15) is 0 Å². The van der Waals surface area contributed by atoms with Gasteiger partial charge in [-0.1, -0.05) is 103 Å². The van der Waals surface area contributed by atoms with Gasteiger partial charge in [0, 0.05) is 11.1 Å². The maximum absolute atomic E-state index is 6.27. The van der Waals surface area contributed by atoms with Crippen LogP contribution in [0, 0.1) is 0 Å². The predicted octanol–water partition coefficient (Wildman–Crippen LogP) is 7.83. The summed E-state index contributed by atoms with van der Waals surface area (Å²) in [4.78, 5) is 13.4. The highest BCUT2D eigenvalue weighted by molar-refractivity contribution is 6.28. The zero-order valence-electron chi connectivity index (χ0n) is 17.6. The van der Waals surface area contributed by atoms with Crippen LogP contribution in [0.5, 0.6) is 0 Å². The summed E-state index contributed by atoms with van der Waals surface area (Å²) in [6.07, 6.45) is 0. The van der Waals surface area contributed by atoms with Crippen LogP contribution in [0.15, 0.2) is 109 Å². The van der Waals surface area contributed by atoms with Crippen molar-refractivity contribution in [3.63, 3.8) is 0 Å². The topological polar surface area (TPSA) is 38.7 Å². The van der Waals surface area contributed by atoms with Crippen LogP contribution in [0.2, 0.25) is 5.28 Å². The fourth-order valence-corrected chi connectivity index (χ4v) is 4.47. The summed E-state index contributed by atoms with van der Waals surface area (Å²) in [7, 11) is 0.